The number of likely N-dealkylation sites (tertiary alicyclic amines) is 2. The van der Waals surface area contributed by atoms with Gasteiger partial charge >= 0.3 is 12.1 Å². The Morgan fingerprint density at radius 3 is 2.19 bits per heavy atom. The molecule has 2 fully saturated rings. The topological polar surface area (TPSA) is 81.2 Å². The molecule has 2 amide bonds. The third-order valence-corrected chi connectivity index (χ3v) is 5.94. The second kappa shape index (κ2) is 10.2. The number of carboxylic acid groups (broad SMARTS) is 1. The van der Waals surface area contributed by atoms with Gasteiger partial charge in [0.1, 0.15) is 0 Å². The number of rotatable bonds is 3. The van der Waals surface area contributed by atoms with Crippen LogP contribution < -0.4 is 4.90 Å². The zero-order valence-corrected chi connectivity index (χ0v) is 18.6. The van der Waals surface area contributed by atoms with Gasteiger partial charge in [0.2, 0.25) is 5.91 Å². The predicted octanol–water partition coefficient (Wildman–Crippen LogP) is 3.39. The molecular formula is C22H30F3N3O4. The van der Waals surface area contributed by atoms with Crippen molar-refractivity contribution in [3.05, 3.63) is 29.8 Å². The number of aliphatic carboxylic acids is 1. The summed E-state index contributed by atoms with van der Waals surface area (Å²) >= 11 is 0. The van der Waals surface area contributed by atoms with Crippen LogP contribution in [0.4, 0.5) is 18.9 Å². The molecule has 0 aliphatic carbocycles. The highest BCUT2D eigenvalue weighted by molar-refractivity contribution is 5.94. The summed E-state index contributed by atoms with van der Waals surface area (Å²) in [6.07, 6.45) is -0.512. The van der Waals surface area contributed by atoms with Crippen molar-refractivity contribution >= 4 is 23.5 Å². The first kappa shape index (κ1) is 25.5. The summed E-state index contributed by atoms with van der Waals surface area (Å²) in [6.45, 7) is 4.23. The fraction of sp³-hybridized carbons (Fsp3) is 0.591. The van der Waals surface area contributed by atoms with E-state index in [4.69, 9.17) is 9.90 Å². The number of likely N-dealkylation sites (N-methyl/N-ethyl adjacent to an activating group) is 1. The van der Waals surface area contributed by atoms with Crippen molar-refractivity contribution in [2.24, 2.45) is 0 Å². The number of hydrogen-bond donors (Lipinski definition) is 1. The van der Waals surface area contributed by atoms with Gasteiger partial charge in [0, 0.05) is 51.4 Å². The predicted molar refractivity (Wildman–Crippen MR) is 114 cm³/mol. The molecule has 2 heterocycles. The van der Waals surface area contributed by atoms with E-state index in [1.54, 1.807) is 0 Å². The van der Waals surface area contributed by atoms with Gasteiger partial charge in [-0.1, -0.05) is 0 Å². The summed E-state index contributed by atoms with van der Waals surface area (Å²) in [7, 11) is 3.98. The number of anilines is 1. The molecule has 1 N–H and O–H groups in total. The summed E-state index contributed by atoms with van der Waals surface area (Å²) in [5.74, 6) is -2.43. The summed E-state index contributed by atoms with van der Waals surface area (Å²) in [5, 5.41) is 7.12. The Kier molecular flexibility index (Phi) is 8.14. The number of amides is 2. The molecule has 3 rings (SSSR count). The molecule has 0 bridgehead atoms. The van der Waals surface area contributed by atoms with Crippen molar-refractivity contribution in [3.63, 3.8) is 0 Å². The highest BCUT2D eigenvalue weighted by Crippen LogP contribution is 2.37. The number of alkyl halides is 3. The van der Waals surface area contributed by atoms with Crippen LogP contribution in [0.2, 0.25) is 0 Å². The van der Waals surface area contributed by atoms with Crippen LogP contribution in [0.1, 0.15) is 49.4 Å². The Morgan fingerprint density at radius 2 is 1.69 bits per heavy atom. The number of halogens is 3. The standard InChI is InChI=1S/C20H29N3O2.C2HF3O2/c1-4-23-18(24)7-5-12-20(23)13-6-14-22(15-20)19(25)16-8-10-17(11-9-16)21(2)3;3-2(4,5)1(6)7/h8-11H,4-7,12-15H2,1-3H3;(H,6,7). The minimum Gasteiger partial charge on any atom is -0.475 e. The fourth-order valence-corrected chi connectivity index (χ4v) is 4.41. The summed E-state index contributed by atoms with van der Waals surface area (Å²) < 4.78 is 31.7. The van der Waals surface area contributed by atoms with Gasteiger partial charge in [0.25, 0.3) is 5.91 Å². The third kappa shape index (κ3) is 5.92. The summed E-state index contributed by atoms with van der Waals surface area (Å²) in [5.41, 5.74) is 1.66. The van der Waals surface area contributed by atoms with Crippen molar-refractivity contribution in [1.82, 2.24) is 9.80 Å². The molecule has 178 valence electrons. The van der Waals surface area contributed by atoms with Crippen LogP contribution >= 0.6 is 0 Å². The van der Waals surface area contributed by atoms with Gasteiger partial charge < -0.3 is 19.8 Å². The molecule has 32 heavy (non-hydrogen) atoms. The molecular weight excluding hydrogens is 427 g/mol. The zero-order valence-electron chi connectivity index (χ0n) is 18.6. The maximum Gasteiger partial charge on any atom is 0.490 e. The van der Waals surface area contributed by atoms with Crippen molar-refractivity contribution < 1.29 is 32.7 Å². The Labute approximate surface area is 185 Å². The second-order valence-corrected chi connectivity index (χ2v) is 8.29. The minimum absolute atomic E-state index is 0.0819. The van der Waals surface area contributed by atoms with E-state index in [2.05, 4.69) is 0 Å². The number of carbonyl (C=O) groups is 3. The molecule has 0 aromatic heterocycles. The molecule has 0 radical (unpaired) electrons. The summed E-state index contributed by atoms with van der Waals surface area (Å²) in [6, 6.07) is 7.77. The van der Waals surface area contributed by atoms with E-state index in [-0.39, 0.29) is 17.4 Å². The number of carboxylic acids is 1. The van der Waals surface area contributed by atoms with E-state index < -0.39 is 12.1 Å². The van der Waals surface area contributed by atoms with Gasteiger partial charge in [0.15, 0.2) is 0 Å². The number of piperidine rings is 2. The van der Waals surface area contributed by atoms with Crippen LogP contribution in [0, 0.1) is 0 Å². The van der Waals surface area contributed by atoms with Crippen molar-refractivity contribution in [2.45, 2.75) is 50.7 Å². The number of hydrogen-bond acceptors (Lipinski definition) is 4. The van der Waals surface area contributed by atoms with Crippen molar-refractivity contribution in [1.29, 1.82) is 0 Å². The summed E-state index contributed by atoms with van der Waals surface area (Å²) in [4.78, 5) is 40.3. The Morgan fingerprint density at radius 1 is 1.12 bits per heavy atom. The minimum atomic E-state index is -5.08. The Hall–Kier alpha value is -2.78. The van der Waals surface area contributed by atoms with Crippen LogP contribution in [-0.4, -0.2) is 78.1 Å². The third-order valence-electron chi connectivity index (χ3n) is 5.94. The average molecular weight is 457 g/mol. The molecule has 1 aromatic carbocycles. The van der Waals surface area contributed by atoms with E-state index in [1.807, 2.05) is 60.0 Å². The zero-order chi connectivity index (χ0) is 24.1. The number of nitrogens with zero attached hydrogens (tertiary/aromatic N) is 3. The molecule has 0 saturated carbocycles. The van der Waals surface area contributed by atoms with Gasteiger partial charge in [-0.3, -0.25) is 9.59 Å². The van der Waals surface area contributed by atoms with Gasteiger partial charge in [-0.25, -0.2) is 4.79 Å². The average Bonchev–Trinajstić information content (AvgIpc) is 2.73. The number of benzene rings is 1. The maximum absolute atomic E-state index is 13.0. The van der Waals surface area contributed by atoms with E-state index in [9.17, 15) is 22.8 Å². The largest absolute Gasteiger partial charge is 0.490 e. The van der Waals surface area contributed by atoms with E-state index in [0.717, 1.165) is 50.0 Å². The molecule has 2 saturated heterocycles. The smallest absolute Gasteiger partial charge is 0.475 e. The van der Waals surface area contributed by atoms with Crippen molar-refractivity contribution in [2.75, 3.05) is 38.6 Å². The monoisotopic (exact) mass is 457 g/mol. The Bertz CT molecular complexity index is 823. The lowest BCUT2D eigenvalue weighted by atomic mass is 9.79. The van der Waals surface area contributed by atoms with Gasteiger partial charge in [-0.05, 0) is 56.9 Å². The highest BCUT2D eigenvalue weighted by Gasteiger charge is 2.45. The molecule has 1 unspecified atom stereocenters. The van der Waals surface area contributed by atoms with Gasteiger partial charge in [-0.2, -0.15) is 13.2 Å². The van der Waals surface area contributed by atoms with Crippen LogP contribution in [0.25, 0.3) is 0 Å². The lowest BCUT2D eigenvalue weighted by molar-refractivity contribution is -0.192. The first-order chi connectivity index (χ1) is 14.9. The lowest BCUT2D eigenvalue weighted by Crippen LogP contribution is -2.63. The highest BCUT2D eigenvalue weighted by atomic mass is 19.4. The van der Waals surface area contributed by atoms with E-state index >= 15 is 0 Å². The molecule has 7 nitrogen and oxygen atoms in total. The quantitative estimate of drug-likeness (QED) is 0.753. The second-order valence-electron chi connectivity index (χ2n) is 8.29. The first-order valence-corrected chi connectivity index (χ1v) is 10.6. The molecule has 10 heteroatoms. The SMILES string of the molecule is CCN1C(=O)CCCC12CCCN(C(=O)c1ccc(N(C)C)cc1)C2.O=C(O)C(F)(F)F. The lowest BCUT2D eigenvalue weighted by Gasteiger charge is -2.52. The molecule has 1 atom stereocenters. The van der Waals surface area contributed by atoms with Gasteiger partial charge in [-0.15, -0.1) is 0 Å². The van der Waals surface area contributed by atoms with E-state index in [1.165, 1.54) is 0 Å². The molecule has 2 aliphatic rings. The normalized spacial score (nSPS) is 21.1. The van der Waals surface area contributed by atoms with Crippen LogP contribution in [0.15, 0.2) is 24.3 Å². The number of carbonyl (C=O) groups excluding carboxylic acids is 2. The van der Waals surface area contributed by atoms with Gasteiger partial charge in [0.05, 0.1) is 5.54 Å². The van der Waals surface area contributed by atoms with Crippen molar-refractivity contribution in [3.8, 4) is 0 Å². The maximum atomic E-state index is 13.0. The van der Waals surface area contributed by atoms with Crippen LogP contribution in [0.3, 0.4) is 0 Å². The molecule has 2 aliphatic heterocycles. The van der Waals surface area contributed by atoms with E-state index in [0.29, 0.717) is 13.0 Å². The van der Waals surface area contributed by atoms with Crippen LogP contribution in [0.5, 0.6) is 0 Å². The fourth-order valence-electron chi connectivity index (χ4n) is 4.41. The Balaban J connectivity index is 0.000000451. The molecule has 1 spiro atoms. The van der Waals surface area contributed by atoms with Crippen LogP contribution in [-0.2, 0) is 9.59 Å². The molecule has 1 aromatic rings. The first-order valence-electron chi connectivity index (χ1n) is 10.6.